The summed E-state index contributed by atoms with van der Waals surface area (Å²) in [6.45, 7) is 8.93. The van der Waals surface area contributed by atoms with Crippen LogP contribution >= 0.6 is 0 Å². The summed E-state index contributed by atoms with van der Waals surface area (Å²) in [4.78, 5) is 11.2. The largest absolute Gasteiger partial charge is 0.496 e. The third kappa shape index (κ3) is 6.23. The lowest BCUT2D eigenvalue weighted by atomic mass is 9.72. The van der Waals surface area contributed by atoms with E-state index in [2.05, 4.69) is 44.6 Å². The molecule has 0 saturated heterocycles. The molecule has 1 rings (SSSR count). The van der Waals surface area contributed by atoms with Gasteiger partial charge in [0.05, 0.1) is 20.3 Å². The fraction of sp³-hybridized carbons (Fsp3) is 0.476. The molecule has 0 radical (unpaired) electrons. The van der Waals surface area contributed by atoms with Crippen LogP contribution in [0.3, 0.4) is 0 Å². The molecule has 3 nitrogen and oxygen atoms in total. The Labute approximate surface area is 146 Å². The van der Waals surface area contributed by atoms with Gasteiger partial charge in [-0.15, -0.1) is 0 Å². The van der Waals surface area contributed by atoms with Gasteiger partial charge in [-0.05, 0) is 50.2 Å². The number of ether oxygens (including phenoxy) is 2. The van der Waals surface area contributed by atoms with Crippen molar-refractivity contribution in [2.45, 2.75) is 47.0 Å². The van der Waals surface area contributed by atoms with Crippen molar-refractivity contribution in [3.05, 3.63) is 58.9 Å². The Morgan fingerprint density at radius 1 is 1.17 bits per heavy atom. The summed E-state index contributed by atoms with van der Waals surface area (Å²) in [7, 11) is 2.87. The predicted octanol–water partition coefficient (Wildman–Crippen LogP) is 5.28. The molecule has 0 fully saturated rings. The third-order valence-electron chi connectivity index (χ3n) is 4.37. The van der Waals surface area contributed by atoms with Gasteiger partial charge in [0, 0.05) is 0 Å². The molecular formula is C21H30O3. The van der Waals surface area contributed by atoms with E-state index in [0.29, 0.717) is 5.76 Å². The first-order chi connectivity index (χ1) is 11.3. The number of hydrogen-bond acceptors (Lipinski definition) is 3. The van der Waals surface area contributed by atoms with Gasteiger partial charge < -0.3 is 9.47 Å². The monoisotopic (exact) mass is 330 g/mol. The van der Waals surface area contributed by atoms with Crippen molar-refractivity contribution in [2.24, 2.45) is 5.41 Å². The Balaban J connectivity index is 2.81. The average molecular weight is 330 g/mol. The smallest absolute Gasteiger partial charge is 0.334 e. The molecule has 0 aliphatic heterocycles. The van der Waals surface area contributed by atoms with Crippen molar-refractivity contribution in [3.63, 3.8) is 0 Å². The van der Waals surface area contributed by atoms with Crippen molar-refractivity contribution in [1.29, 1.82) is 0 Å². The minimum Gasteiger partial charge on any atom is -0.496 e. The second-order valence-corrected chi connectivity index (χ2v) is 6.81. The molecule has 132 valence electrons. The van der Waals surface area contributed by atoms with Crippen molar-refractivity contribution in [2.75, 3.05) is 14.2 Å². The Bertz CT molecular complexity index is 599. The highest BCUT2D eigenvalue weighted by molar-refractivity contribution is 5.82. The number of rotatable bonds is 6. The topological polar surface area (TPSA) is 35.5 Å². The number of esters is 1. The van der Waals surface area contributed by atoms with Gasteiger partial charge >= 0.3 is 5.97 Å². The number of allylic oxidation sites excluding steroid dienone is 8. The maximum atomic E-state index is 11.2. The minimum absolute atomic E-state index is 0.251. The van der Waals surface area contributed by atoms with Crippen molar-refractivity contribution in [1.82, 2.24) is 0 Å². The number of carbonyl (C=O) groups is 1. The molecule has 0 N–H and O–H groups in total. The van der Waals surface area contributed by atoms with Gasteiger partial charge in [0.1, 0.15) is 5.76 Å². The lowest BCUT2D eigenvalue weighted by Gasteiger charge is -2.32. The average Bonchev–Trinajstić information content (AvgIpc) is 2.52. The van der Waals surface area contributed by atoms with Gasteiger partial charge in [0.25, 0.3) is 0 Å². The third-order valence-corrected chi connectivity index (χ3v) is 4.37. The highest BCUT2D eigenvalue weighted by Crippen LogP contribution is 2.40. The van der Waals surface area contributed by atoms with Crippen LogP contribution in [0.5, 0.6) is 0 Å². The molecule has 0 spiro atoms. The van der Waals surface area contributed by atoms with Gasteiger partial charge in [-0.3, -0.25) is 0 Å². The molecule has 0 aromatic heterocycles. The quantitative estimate of drug-likeness (QED) is 0.288. The highest BCUT2D eigenvalue weighted by Gasteiger charge is 2.26. The second kappa shape index (κ2) is 9.31. The molecule has 0 unspecified atom stereocenters. The van der Waals surface area contributed by atoms with Crippen LogP contribution in [0.4, 0.5) is 0 Å². The second-order valence-electron chi connectivity index (χ2n) is 6.81. The van der Waals surface area contributed by atoms with Crippen molar-refractivity contribution in [3.8, 4) is 0 Å². The number of methoxy groups -OCH3 is 2. The first kappa shape index (κ1) is 20.0. The zero-order valence-electron chi connectivity index (χ0n) is 15.8. The van der Waals surface area contributed by atoms with E-state index >= 15 is 0 Å². The van der Waals surface area contributed by atoms with E-state index in [1.165, 1.54) is 50.7 Å². The molecule has 0 aromatic carbocycles. The lowest BCUT2D eigenvalue weighted by molar-refractivity contribution is -0.135. The van der Waals surface area contributed by atoms with Crippen LogP contribution in [0.2, 0.25) is 0 Å². The first-order valence-corrected chi connectivity index (χ1v) is 8.37. The van der Waals surface area contributed by atoms with Gasteiger partial charge in [0.2, 0.25) is 0 Å². The normalized spacial score (nSPS) is 19.2. The summed E-state index contributed by atoms with van der Waals surface area (Å²) in [5, 5.41) is 0. The summed E-state index contributed by atoms with van der Waals surface area (Å²) in [5.74, 6) is 0.0286. The predicted molar refractivity (Wildman–Crippen MR) is 99.5 cm³/mol. The number of hydrogen-bond donors (Lipinski definition) is 0. The fourth-order valence-corrected chi connectivity index (χ4v) is 2.93. The molecule has 1 aliphatic rings. The summed E-state index contributed by atoms with van der Waals surface area (Å²) in [6, 6.07) is 0. The van der Waals surface area contributed by atoms with Gasteiger partial charge in [0.15, 0.2) is 0 Å². The van der Waals surface area contributed by atoms with Crippen molar-refractivity contribution < 1.29 is 14.3 Å². The van der Waals surface area contributed by atoms with Crippen LogP contribution in [0, 0.1) is 5.41 Å². The molecule has 3 heteroatoms. The summed E-state index contributed by atoms with van der Waals surface area (Å²) >= 11 is 0. The van der Waals surface area contributed by atoms with E-state index in [-0.39, 0.29) is 5.41 Å². The van der Waals surface area contributed by atoms with E-state index in [1.54, 1.807) is 6.08 Å². The number of carbonyl (C=O) groups excluding carboxylic acids is 1. The van der Waals surface area contributed by atoms with E-state index < -0.39 is 5.97 Å². The molecule has 0 heterocycles. The molecular weight excluding hydrogens is 300 g/mol. The molecule has 0 atom stereocenters. The summed E-state index contributed by atoms with van der Waals surface area (Å²) in [6.07, 6.45) is 15.0. The Hall–Kier alpha value is -2.03. The van der Waals surface area contributed by atoms with Crippen LogP contribution in [-0.2, 0) is 14.3 Å². The standard InChI is InChI=1S/C21H30O3/c1-16(9-7-11-18(23-5)15-20(22)24-6)12-13-19-17(2)10-8-14-21(19,3)4/h7,9,11-13,15H,8,10,14H2,1-6H3/b11-7+,13-12+,16-9+,18-15+. The minimum atomic E-state index is -0.431. The zero-order valence-corrected chi connectivity index (χ0v) is 15.8. The molecule has 24 heavy (non-hydrogen) atoms. The molecule has 0 aromatic rings. The first-order valence-electron chi connectivity index (χ1n) is 8.37. The Morgan fingerprint density at radius 3 is 2.46 bits per heavy atom. The van der Waals surface area contributed by atoms with E-state index in [0.717, 1.165) is 5.57 Å². The Kier molecular flexibility index (Phi) is 7.76. The SMILES string of the molecule is COC(=O)\C=C(/C=C/C=C(C)/C=C/C1=C(C)CCCC1(C)C)OC. The summed E-state index contributed by atoms with van der Waals surface area (Å²) in [5.41, 5.74) is 4.34. The van der Waals surface area contributed by atoms with Gasteiger partial charge in [-0.1, -0.05) is 49.3 Å². The maximum absolute atomic E-state index is 11.2. The van der Waals surface area contributed by atoms with E-state index in [1.807, 2.05) is 12.2 Å². The van der Waals surface area contributed by atoms with Crippen LogP contribution in [0.25, 0.3) is 0 Å². The van der Waals surface area contributed by atoms with Crippen LogP contribution in [-0.4, -0.2) is 20.2 Å². The lowest BCUT2D eigenvalue weighted by Crippen LogP contribution is -2.19. The zero-order chi connectivity index (χ0) is 18.2. The van der Waals surface area contributed by atoms with Crippen LogP contribution in [0.15, 0.2) is 58.9 Å². The van der Waals surface area contributed by atoms with E-state index in [4.69, 9.17) is 4.74 Å². The maximum Gasteiger partial charge on any atom is 0.334 e. The van der Waals surface area contributed by atoms with Gasteiger partial charge in [-0.2, -0.15) is 0 Å². The molecule has 0 bridgehead atoms. The van der Waals surface area contributed by atoms with Crippen molar-refractivity contribution >= 4 is 5.97 Å². The molecule has 0 saturated carbocycles. The van der Waals surface area contributed by atoms with E-state index in [9.17, 15) is 4.79 Å². The Morgan fingerprint density at radius 2 is 1.88 bits per heavy atom. The van der Waals surface area contributed by atoms with Gasteiger partial charge in [-0.25, -0.2) is 4.79 Å². The highest BCUT2D eigenvalue weighted by atomic mass is 16.5. The van der Waals surface area contributed by atoms with Crippen LogP contribution in [0.1, 0.15) is 47.0 Å². The fourth-order valence-electron chi connectivity index (χ4n) is 2.93. The molecule has 0 amide bonds. The van der Waals surface area contributed by atoms with Crippen LogP contribution < -0.4 is 0 Å². The molecule has 1 aliphatic carbocycles. The summed E-state index contributed by atoms with van der Waals surface area (Å²) < 4.78 is 9.70.